The van der Waals surface area contributed by atoms with E-state index in [0.29, 0.717) is 6.61 Å². The molecule has 0 amide bonds. The fraction of sp³-hybridized carbons (Fsp3) is 1.00. The van der Waals surface area contributed by atoms with Gasteiger partial charge in [-0.3, -0.25) is 0 Å². The third-order valence-corrected chi connectivity index (χ3v) is 4.89. The van der Waals surface area contributed by atoms with Crippen LogP contribution in [0.1, 0.15) is 39.0 Å². The van der Waals surface area contributed by atoms with Crippen LogP contribution in [0.4, 0.5) is 0 Å². The Kier molecular flexibility index (Phi) is 5.21. The first kappa shape index (κ1) is 13.9. The highest BCUT2D eigenvalue weighted by Gasteiger charge is 2.27. The van der Waals surface area contributed by atoms with E-state index in [0.717, 1.165) is 25.7 Å². The van der Waals surface area contributed by atoms with Crippen molar-refractivity contribution in [3.8, 4) is 0 Å². The lowest BCUT2D eigenvalue weighted by Crippen LogP contribution is -2.46. The highest BCUT2D eigenvalue weighted by atomic mass is 32.2. The van der Waals surface area contributed by atoms with Gasteiger partial charge in [0.2, 0.25) is 0 Å². The molecule has 0 heterocycles. The molecule has 0 aromatic carbocycles. The van der Waals surface area contributed by atoms with E-state index >= 15 is 0 Å². The van der Waals surface area contributed by atoms with E-state index in [-0.39, 0.29) is 23.7 Å². The van der Waals surface area contributed by atoms with Crippen LogP contribution in [0.3, 0.4) is 0 Å². The normalized spacial score (nSPS) is 20.9. The molecule has 0 radical (unpaired) electrons. The molecule has 0 aromatic heterocycles. The summed E-state index contributed by atoms with van der Waals surface area (Å²) in [6, 6.07) is 0. The monoisotopic (exact) mass is 249 g/mol. The molecule has 16 heavy (non-hydrogen) atoms. The summed E-state index contributed by atoms with van der Waals surface area (Å²) >= 11 is 0. The van der Waals surface area contributed by atoms with Crippen LogP contribution in [0.5, 0.6) is 0 Å². The zero-order valence-electron chi connectivity index (χ0n) is 10.1. The Morgan fingerprint density at radius 1 is 1.25 bits per heavy atom. The lowest BCUT2D eigenvalue weighted by molar-refractivity contribution is 0.0772. The van der Waals surface area contributed by atoms with Crippen LogP contribution in [-0.2, 0) is 14.6 Å². The number of sulfone groups is 1. The number of nitrogens with two attached hydrogens (primary N) is 1. The lowest BCUT2D eigenvalue weighted by Gasteiger charge is -2.32. The summed E-state index contributed by atoms with van der Waals surface area (Å²) in [4.78, 5) is 0. The van der Waals surface area contributed by atoms with Gasteiger partial charge in [-0.2, -0.15) is 0 Å². The quantitative estimate of drug-likeness (QED) is 0.716. The van der Waals surface area contributed by atoms with Gasteiger partial charge in [-0.1, -0.05) is 26.2 Å². The molecule has 5 heteroatoms. The molecule has 2 N–H and O–H groups in total. The molecule has 0 bridgehead atoms. The highest BCUT2D eigenvalue weighted by Crippen LogP contribution is 2.25. The molecule has 96 valence electrons. The minimum Gasteiger partial charge on any atom is -0.378 e. The summed E-state index contributed by atoms with van der Waals surface area (Å²) in [7, 11) is -2.91. The number of ether oxygens (including phenoxy) is 1. The van der Waals surface area contributed by atoms with Crippen molar-refractivity contribution in [3.63, 3.8) is 0 Å². The van der Waals surface area contributed by atoms with Crippen molar-refractivity contribution in [2.24, 2.45) is 5.73 Å². The zero-order chi connectivity index (χ0) is 12.1. The van der Waals surface area contributed by atoms with Crippen molar-refractivity contribution in [3.05, 3.63) is 0 Å². The van der Waals surface area contributed by atoms with Crippen molar-refractivity contribution in [2.45, 2.75) is 44.6 Å². The molecule has 0 spiro atoms. The van der Waals surface area contributed by atoms with Crippen LogP contribution in [0, 0.1) is 0 Å². The van der Waals surface area contributed by atoms with Gasteiger partial charge in [-0.25, -0.2) is 8.42 Å². The molecular weight excluding hydrogens is 226 g/mol. The Bertz CT molecular complexity index is 294. The largest absolute Gasteiger partial charge is 0.378 e. The summed E-state index contributed by atoms with van der Waals surface area (Å²) in [6.45, 7) is 2.42. The summed E-state index contributed by atoms with van der Waals surface area (Å²) in [6.07, 6.45) is 5.56. The van der Waals surface area contributed by atoms with Gasteiger partial charge in [0, 0.05) is 11.3 Å². The summed E-state index contributed by atoms with van der Waals surface area (Å²) in [5.74, 6) is 0.295. The fourth-order valence-corrected chi connectivity index (χ4v) is 2.67. The second-order valence-corrected chi connectivity index (χ2v) is 7.18. The molecule has 4 nitrogen and oxygen atoms in total. The minimum absolute atomic E-state index is 0.111. The van der Waals surface area contributed by atoms with E-state index < -0.39 is 9.84 Å². The average molecular weight is 249 g/mol. The van der Waals surface area contributed by atoms with E-state index in [1.807, 2.05) is 0 Å². The topological polar surface area (TPSA) is 69.4 Å². The molecular formula is C11H23NO3S. The second-order valence-electron chi connectivity index (χ2n) is 4.71. The Hall–Kier alpha value is -0.130. The Morgan fingerprint density at radius 2 is 1.88 bits per heavy atom. The van der Waals surface area contributed by atoms with Gasteiger partial charge < -0.3 is 10.5 Å². The number of hydrogen-bond donors (Lipinski definition) is 1. The maximum atomic E-state index is 11.2. The van der Waals surface area contributed by atoms with E-state index in [1.165, 1.54) is 6.42 Å². The maximum Gasteiger partial charge on any atom is 0.152 e. The minimum atomic E-state index is -2.91. The molecule has 1 saturated carbocycles. The molecule has 0 saturated heterocycles. The molecule has 0 aliphatic heterocycles. The number of rotatable bonds is 6. The van der Waals surface area contributed by atoms with Crippen LogP contribution in [0.25, 0.3) is 0 Å². The van der Waals surface area contributed by atoms with Crippen LogP contribution >= 0.6 is 0 Å². The van der Waals surface area contributed by atoms with Crippen molar-refractivity contribution in [1.29, 1.82) is 0 Å². The van der Waals surface area contributed by atoms with Gasteiger partial charge in [0.15, 0.2) is 9.84 Å². The van der Waals surface area contributed by atoms with E-state index in [1.54, 1.807) is 6.92 Å². The van der Waals surface area contributed by atoms with E-state index in [4.69, 9.17) is 10.5 Å². The van der Waals surface area contributed by atoms with Gasteiger partial charge in [0.05, 0.1) is 19.0 Å². The third-order valence-electron chi connectivity index (χ3n) is 3.22. The van der Waals surface area contributed by atoms with Crippen LogP contribution < -0.4 is 5.73 Å². The second kappa shape index (κ2) is 5.98. The summed E-state index contributed by atoms with van der Waals surface area (Å²) < 4.78 is 27.8. The van der Waals surface area contributed by atoms with Crippen molar-refractivity contribution < 1.29 is 13.2 Å². The van der Waals surface area contributed by atoms with Gasteiger partial charge >= 0.3 is 0 Å². The predicted molar refractivity (Wildman–Crippen MR) is 65.2 cm³/mol. The lowest BCUT2D eigenvalue weighted by atomic mass is 9.83. The van der Waals surface area contributed by atoms with Crippen LogP contribution in [-0.4, -0.2) is 38.7 Å². The smallest absolute Gasteiger partial charge is 0.152 e. The fourth-order valence-electron chi connectivity index (χ4n) is 2.01. The summed E-state index contributed by atoms with van der Waals surface area (Å²) in [5.41, 5.74) is 5.95. The van der Waals surface area contributed by atoms with Gasteiger partial charge in [0.1, 0.15) is 0 Å². The summed E-state index contributed by atoms with van der Waals surface area (Å²) in [5, 5.41) is 0. The SMILES string of the molecule is CCS(=O)(=O)CCOCC1(N)CCCCC1. The average Bonchev–Trinajstić information content (AvgIpc) is 2.26. The van der Waals surface area contributed by atoms with Crippen molar-refractivity contribution in [1.82, 2.24) is 0 Å². The Morgan fingerprint density at radius 3 is 2.44 bits per heavy atom. The first-order chi connectivity index (χ1) is 7.47. The van der Waals surface area contributed by atoms with Crippen LogP contribution in [0.15, 0.2) is 0 Å². The molecule has 0 unspecified atom stereocenters. The molecule has 0 atom stereocenters. The first-order valence-corrected chi connectivity index (χ1v) is 7.87. The van der Waals surface area contributed by atoms with Crippen molar-refractivity contribution in [2.75, 3.05) is 24.7 Å². The van der Waals surface area contributed by atoms with E-state index in [9.17, 15) is 8.42 Å². The van der Waals surface area contributed by atoms with Crippen LogP contribution in [0.2, 0.25) is 0 Å². The van der Waals surface area contributed by atoms with Gasteiger partial charge in [-0.05, 0) is 12.8 Å². The zero-order valence-corrected chi connectivity index (χ0v) is 10.9. The Balaban J connectivity index is 2.20. The predicted octanol–water partition coefficient (Wildman–Crippen LogP) is 1.10. The van der Waals surface area contributed by atoms with Crippen molar-refractivity contribution >= 4 is 9.84 Å². The number of hydrogen-bond acceptors (Lipinski definition) is 4. The third kappa shape index (κ3) is 4.80. The standard InChI is InChI=1S/C11H23NO3S/c1-2-16(13,14)9-8-15-10-11(12)6-4-3-5-7-11/h2-10,12H2,1H3. The van der Waals surface area contributed by atoms with E-state index in [2.05, 4.69) is 0 Å². The molecule has 1 aliphatic carbocycles. The maximum absolute atomic E-state index is 11.2. The van der Waals surface area contributed by atoms with Gasteiger partial charge in [-0.15, -0.1) is 0 Å². The highest BCUT2D eigenvalue weighted by molar-refractivity contribution is 7.91. The first-order valence-electron chi connectivity index (χ1n) is 6.04. The molecule has 0 aromatic rings. The molecule has 1 fully saturated rings. The molecule has 1 rings (SSSR count). The molecule has 1 aliphatic rings. The Labute approximate surface area is 98.5 Å². The van der Waals surface area contributed by atoms with Gasteiger partial charge in [0.25, 0.3) is 0 Å².